The van der Waals surface area contributed by atoms with Gasteiger partial charge in [0.05, 0.1) is 11.9 Å². The van der Waals surface area contributed by atoms with E-state index in [-0.39, 0.29) is 5.82 Å². The average molecular weight is 353 g/mol. The lowest BCUT2D eigenvalue weighted by atomic mass is 10.1. The average Bonchev–Trinajstić information content (AvgIpc) is 3.09. The van der Waals surface area contributed by atoms with E-state index in [0.29, 0.717) is 11.5 Å². The van der Waals surface area contributed by atoms with Crippen LogP contribution in [-0.2, 0) is 6.54 Å². The van der Waals surface area contributed by atoms with Crippen molar-refractivity contribution in [3.63, 3.8) is 0 Å². The van der Waals surface area contributed by atoms with E-state index in [0.717, 1.165) is 29.9 Å². The number of nitrogens with one attached hydrogen (secondary N) is 1. The van der Waals surface area contributed by atoms with Crippen molar-refractivity contribution in [1.82, 2.24) is 15.1 Å². The van der Waals surface area contributed by atoms with E-state index in [2.05, 4.69) is 29.1 Å². The number of hydrogen-bond donors (Lipinski definition) is 1. The Labute approximate surface area is 153 Å². The van der Waals surface area contributed by atoms with Gasteiger partial charge in [-0.25, -0.2) is 4.39 Å². The monoisotopic (exact) mass is 353 g/mol. The molecule has 26 heavy (non-hydrogen) atoms. The topological polar surface area (TPSA) is 41.2 Å². The summed E-state index contributed by atoms with van der Waals surface area (Å²) in [7, 11) is 2.12. The van der Waals surface area contributed by atoms with E-state index in [1.807, 2.05) is 30.5 Å². The molecule has 2 aromatic carbocycles. The number of ether oxygens (including phenoxy) is 1. The smallest absolute Gasteiger partial charge is 0.130 e. The molecule has 1 N–H and O–H groups in total. The standard InChI is InChI=1S/C21H24FN3O/c1-3-4-12-25(2)15-21-20(14-23-24-21)16-8-10-18(11-9-16)26-19-7-5-6-17(22)13-19/h5-11,13-14H,3-4,12,15H2,1-2H3,(H,23,24). The highest BCUT2D eigenvalue weighted by Gasteiger charge is 2.10. The molecule has 0 saturated heterocycles. The minimum absolute atomic E-state index is 0.311. The van der Waals surface area contributed by atoms with E-state index in [1.54, 1.807) is 12.1 Å². The summed E-state index contributed by atoms with van der Waals surface area (Å²) in [5, 5.41) is 7.31. The highest BCUT2D eigenvalue weighted by molar-refractivity contribution is 5.66. The molecule has 0 amide bonds. The summed E-state index contributed by atoms with van der Waals surface area (Å²) in [5.41, 5.74) is 3.26. The fourth-order valence-corrected chi connectivity index (χ4v) is 2.83. The Balaban J connectivity index is 1.70. The van der Waals surface area contributed by atoms with Crippen LogP contribution >= 0.6 is 0 Å². The van der Waals surface area contributed by atoms with Gasteiger partial charge in [0.15, 0.2) is 0 Å². The van der Waals surface area contributed by atoms with Crippen molar-refractivity contribution in [3.8, 4) is 22.6 Å². The van der Waals surface area contributed by atoms with Gasteiger partial charge in [0, 0.05) is 18.2 Å². The third-order valence-electron chi connectivity index (χ3n) is 4.24. The number of aromatic amines is 1. The molecular formula is C21H24FN3O. The molecule has 5 heteroatoms. The van der Waals surface area contributed by atoms with E-state index in [9.17, 15) is 4.39 Å². The maximum Gasteiger partial charge on any atom is 0.130 e. The fraction of sp³-hybridized carbons (Fsp3) is 0.286. The van der Waals surface area contributed by atoms with Crippen molar-refractivity contribution >= 4 is 0 Å². The predicted molar refractivity (Wildman–Crippen MR) is 102 cm³/mol. The number of rotatable bonds is 8. The molecule has 3 rings (SSSR count). The van der Waals surface area contributed by atoms with Gasteiger partial charge in [0.1, 0.15) is 17.3 Å². The number of hydrogen-bond acceptors (Lipinski definition) is 3. The van der Waals surface area contributed by atoms with Gasteiger partial charge in [-0.3, -0.25) is 5.10 Å². The zero-order chi connectivity index (χ0) is 18.4. The van der Waals surface area contributed by atoms with Gasteiger partial charge in [-0.15, -0.1) is 0 Å². The van der Waals surface area contributed by atoms with Gasteiger partial charge in [-0.1, -0.05) is 31.5 Å². The van der Waals surface area contributed by atoms with Gasteiger partial charge in [0.2, 0.25) is 0 Å². The molecule has 1 aromatic heterocycles. The summed E-state index contributed by atoms with van der Waals surface area (Å²) in [6.45, 7) is 4.09. The largest absolute Gasteiger partial charge is 0.457 e. The van der Waals surface area contributed by atoms with Crippen molar-refractivity contribution in [1.29, 1.82) is 0 Å². The molecule has 0 bridgehead atoms. The van der Waals surface area contributed by atoms with Gasteiger partial charge in [0.25, 0.3) is 0 Å². The Morgan fingerprint density at radius 2 is 1.92 bits per heavy atom. The zero-order valence-corrected chi connectivity index (χ0v) is 15.2. The van der Waals surface area contributed by atoms with Crippen LogP contribution in [0, 0.1) is 5.82 Å². The quantitative estimate of drug-likeness (QED) is 0.602. The van der Waals surface area contributed by atoms with E-state index < -0.39 is 0 Å². The number of nitrogens with zero attached hydrogens (tertiary/aromatic N) is 2. The van der Waals surface area contributed by atoms with Gasteiger partial charge in [-0.05, 0) is 49.8 Å². The van der Waals surface area contributed by atoms with Crippen LogP contribution in [0.3, 0.4) is 0 Å². The normalized spacial score (nSPS) is 11.1. The minimum Gasteiger partial charge on any atom is -0.457 e. The molecule has 0 radical (unpaired) electrons. The molecule has 0 atom stereocenters. The summed E-state index contributed by atoms with van der Waals surface area (Å²) in [6.07, 6.45) is 4.23. The Bertz CT molecular complexity index is 829. The molecule has 0 spiro atoms. The Morgan fingerprint density at radius 3 is 2.65 bits per heavy atom. The Morgan fingerprint density at radius 1 is 1.12 bits per heavy atom. The molecule has 0 aliphatic heterocycles. The summed E-state index contributed by atoms with van der Waals surface area (Å²) in [5.74, 6) is 0.845. The number of benzene rings is 2. The minimum atomic E-state index is -0.311. The molecule has 1 heterocycles. The first kappa shape index (κ1) is 18.1. The Kier molecular flexibility index (Phi) is 6.02. The highest BCUT2D eigenvalue weighted by atomic mass is 19.1. The van der Waals surface area contributed by atoms with Crippen LogP contribution in [0.4, 0.5) is 4.39 Å². The van der Waals surface area contributed by atoms with Crippen molar-refractivity contribution in [3.05, 3.63) is 66.2 Å². The second-order valence-corrected chi connectivity index (χ2v) is 6.44. The number of unbranched alkanes of at least 4 members (excludes halogenated alkanes) is 1. The summed E-state index contributed by atoms with van der Waals surface area (Å²) < 4.78 is 19.0. The molecule has 136 valence electrons. The molecule has 0 aliphatic carbocycles. The van der Waals surface area contributed by atoms with Gasteiger partial charge < -0.3 is 9.64 Å². The molecule has 0 saturated carbocycles. The zero-order valence-electron chi connectivity index (χ0n) is 15.2. The van der Waals surface area contributed by atoms with Crippen molar-refractivity contribution in [2.24, 2.45) is 0 Å². The first-order valence-electron chi connectivity index (χ1n) is 8.90. The van der Waals surface area contributed by atoms with Crippen LogP contribution in [0.5, 0.6) is 11.5 Å². The third kappa shape index (κ3) is 4.70. The molecule has 0 fully saturated rings. The van der Waals surface area contributed by atoms with Crippen LogP contribution < -0.4 is 4.74 Å². The number of H-pyrrole nitrogens is 1. The fourth-order valence-electron chi connectivity index (χ4n) is 2.83. The van der Waals surface area contributed by atoms with Crippen LogP contribution in [0.25, 0.3) is 11.1 Å². The van der Waals surface area contributed by atoms with Crippen LogP contribution in [-0.4, -0.2) is 28.7 Å². The highest BCUT2D eigenvalue weighted by Crippen LogP contribution is 2.27. The maximum atomic E-state index is 13.3. The summed E-state index contributed by atoms with van der Waals surface area (Å²) >= 11 is 0. The maximum absolute atomic E-state index is 13.3. The first-order valence-corrected chi connectivity index (χ1v) is 8.90. The lowest BCUT2D eigenvalue weighted by Crippen LogP contribution is -2.19. The van der Waals surface area contributed by atoms with E-state index in [1.165, 1.54) is 25.0 Å². The lowest BCUT2D eigenvalue weighted by molar-refractivity contribution is 0.317. The molecular weight excluding hydrogens is 329 g/mol. The molecule has 3 aromatic rings. The van der Waals surface area contributed by atoms with Crippen molar-refractivity contribution < 1.29 is 9.13 Å². The summed E-state index contributed by atoms with van der Waals surface area (Å²) in [4.78, 5) is 2.29. The molecule has 0 unspecified atom stereocenters. The third-order valence-corrected chi connectivity index (χ3v) is 4.24. The SMILES string of the molecule is CCCCN(C)Cc1[nH]ncc1-c1ccc(Oc2cccc(F)c2)cc1. The molecule has 4 nitrogen and oxygen atoms in total. The van der Waals surface area contributed by atoms with Crippen molar-refractivity contribution in [2.45, 2.75) is 26.3 Å². The van der Waals surface area contributed by atoms with Crippen LogP contribution in [0.1, 0.15) is 25.5 Å². The van der Waals surface area contributed by atoms with Crippen molar-refractivity contribution in [2.75, 3.05) is 13.6 Å². The predicted octanol–water partition coefficient (Wildman–Crippen LogP) is 5.24. The first-order chi connectivity index (χ1) is 12.7. The number of aromatic nitrogens is 2. The van der Waals surface area contributed by atoms with Crippen LogP contribution in [0.15, 0.2) is 54.7 Å². The molecule has 0 aliphatic rings. The second kappa shape index (κ2) is 8.63. The second-order valence-electron chi connectivity index (χ2n) is 6.44. The van der Waals surface area contributed by atoms with E-state index in [4.69, 9.17) is 4.74 Å². The van der Waals surface area contributed by atoms with Crippen LogP contribution in [0.2, 0.25) is 0 Å². The van der Waals surface area contributed by atoms with E-state index >= 15 is 0 Å². The van der Waals surface area contributed by atoms with Gasteiger partial charge in [-0.2, -0.15) is 5.10 Å². The number of halogens is 1. The Hall–Kier alpha value is -2.66. The van der Waals surface area contributed by atoms with Gasteiger partial charge >= 0.3 is 0 Å². The lowest BCUT2D eigenvalue weighted by Gasteiger charge is -2.16. The summed E-state index contributed by atoms with van der Waals surface area (Å²) in [6, 6.07) is 13.9.